The molecule has 3 aromatic rings. The minimum Gasteiger partial charge on any atom is -0.295 e. The zero-order valence-electron chi connectivity index (χ0n) is 12.4. The van der Waals surface area contributed by atoms with Gasteiger partial charge in [-0.2, -0.15) is 0 Å². The van der Waals surface area contributed by atoms with Gasteiger partial charge in [-0.15, -0.1) is 11.3 Å². The van der Waals surface area contributed by atoms with E-state index in [1.54, 1.807) is 21.8 Å². The van der Waals surface area contributed by atoms with Crippen LogP contribution in [0.1, 0.15) is 16.3 Å². The van der Waals surface area contributed by atoms with Crippen LogP contribution in [0.2, 0.25) is 4.34 Å². The predicted octanol–water partition coefficient (Wildman–Crippen LogP) is 3.35. The molecule has 114 valence electrons. The Balaban J connectivity index is 1.83. The van der Waals surface area contributed by atoms with Gasteiger partial charge in [-0.3, -0.25) is 14.1 Å². The van der Waals surface area contributed by atoms with E-state index in [1.165, 1.54) is 4.88 Å². The van der Waals surface area contributed by atoms with Crippen LogP contribution < -0.4 is 5.56 Å². The van der Waals surface area contributed by atoms with E-state index in [-0.39, 0.29) is 5.56 Å². The van der Waals surface area contributed by atoms with E-state index in [0.29, 0.717) is 12.2 Å². The molecule has 0 spiro atoms. The van der Waals surface area contributed by atoms with Gasteiger partial charge in [-0.25, -0.2) is 4.98 Å². The molecule has 0 atom stereocenters. The minimum absolute atomic E-state index is 0.0364. The second-order valence-corrected chi connectivity index (χ2v) is 7.12. The lowest BCUT2D eigenvalue weighted by Crippen LogP contribution is -2.22. The fraction of sp³-hybridized carbons (Fsp3) is 0.250. The summed E-state index contributed by atoms with van der Waals surface area (Å²) in [6, 6.07) is 11.2. The molecule has 3 heterocycles. The summed E-state index contributed by atoms with van der Waals surface area (Å²) in [4.78, 5) is 20.2. The number of hydrogen-bond donors (Lipinski definition) is 0. The van der Waals surface area contributed by atoms with Crippen LogP contribution in [-0.4, -0.2) is 21.3 Å². The lowest BCUT2D eigenvalue weighted by molar-refractivity contribution is 0.318. The molecule has 3 rings (SSSR count). The summed E-state index contributed by atoms with van der Waals surface area (Å²) in [5.74, 6) is 0. The molecular formula is C16H16ClN3OS. The van der Waals surface area contributed by atoms with Crippen molar-refractivity contribution in [2.75, 3.05) is 7.05 Å². The Morgan fingerprint density at radius 3 is 2.82 bits per heavy atom. The third kappa shape index (κ3) is 3.21. The highest BCUT2D eigenvalue weighted by Gasteiger charge is 2.08. The summed E-state index contributed by atoms with van der Waals surface area (Å²) < 4.78 is 2.42. The van der Waals surface area contributed by atoms with Crippen LogP contribution in [0.15, 0.2) is 41.2 Å². The Kier molecular flexibility index (Phi) is 4.29. The standard InChI is InChI=1S/C16H16ClN3OS/c1-11-4-3-5-15-18-12(8-16(21)20(11)15)9-19(2)10-13-6-7-14(17)22-13/h3-8H,9-10H2,1-2H3. The van der Waals surface area contributed by atoms with Gasteiger partial charge in [0.15, 0.2) is 0 Å². The van der Waals surface area contributed by atoms with Crippen LogP contribution in [0.25, 0.3) is 5.65 Å². The van der Waals surface area contributed by atoms with Gasteiger partial charge in [0.2, 0.25) is 0 Å². The average molecular weight is 334 g/mol. The van der Waals surface area contributed by atoms with E-state index in [1.807, 2.05) is 44.3 Å². The smallest absolute Gasteiger partial charge is 0.258 e. The average Bonchev–Trinajstić information content (AvgIpc) is 2.83. The molecule has 0 radical (unpaired) electrons. The molecule has 0 saturated heterocycles. The highest BCUT2D eigenvalue weighted by molar-refractivity contribution is 7.16. The topological polar surface area (TPSA) is 37.6 Å². The van der Waals surface area contributed by atoms with Crippen molar-refractivity contribution >= 4 is 28.6 Å². The van der Waals surface area contributed by atoms with E-state index >= 15 is 0 Å². The molecule has 22 heavy (non-hydrogen) atoms. The molecule has 0 unspecified atom stereocenters. The van der Waals surface area contributed by atoms with Crippen LogP contribution in [0.5, 0.6) is 0 Å². The van der Waals surface area contributed by atoms with Gasteiger partial charge in [0.1, 0.15) is 5.65 Å². The molecule has 0 fully saturated rings. The van der Waals surface area contributed by atoms with Crippen LogP contribution in [0, 0.1) is 6.92 Å². The van der Waals surface area contributed by atoms with Crippen LogP contribution in [0.3, 0.4) is 0 Å². The maximum Gasteiger partial charge on any atom is 0.258 e. The Hall–Kier alpha value is -1.69. The van der Waals surface area contributed by atoms with Crippen LogP contribution in [0.4, 0.5) is 0 Å². The second-order valence-electron chi connectivity index (χ2n) is 5.32. The van der Waals surface area contributed by atoms with E-state index in [2.05, 4.69) is 9.88 Å². The maximum atomic E-state index is 12.3. The monoisotopic (exact) mass is 333 g/mol. The normalized spacial score (nSPS) is 11.5. The van der Waals surface area contributed by atoms with Crippen molar-refractivity contribution in [1.82, 2.24) is 14.3 Å². The first kappa shape index (κ1) is 15.2. The summed E-state index contributed by atoms with van der Waals surface area (Å²) in [5, 5.41) is 0. The molecule has 0 aliphatic heterocycles. The van der Waals surface area contributed by atoms with Gasteiger partial charge in [-0.05, 0) is 38.2 Å². The van der Waals surface area contributed by atoms with Crippen molar-refractivity contribution in [2.24, 2.45) is 0 Å². The molecule has 6 heteroatoms. The Labute approximate surface area is 137 Å². The molecule has 3 aromatic heterocycles. The number of rotatable bonds is 4. The first-order valence-corrected chi connectivity index (χ1v) is 8.13. The summed E-state index contributed by atoms with van der Waals surface area (Å²) in [5.41, 5.74) is 2.32. The summed E-state index contributed by atoms with van der Waals surface area (Å²) in [6.45, 7) is 3.31. The lowest BCUT2D eigenvalue weighted by Gasteiger charge is -2.15. The van der Waals surface area contributed by atoms with Gasteiger partial charge in [-0.1, -0.05) is 17.7 Å². The van der Waals surface area contributed by atoms with E-state index in [9.17, 15) is 4.79 Å². The SMILES string of the molecule is Cc1cccc2nc(CN(C)Cc3ccc(Cl)s3)cc(=O)n12. The molecule has 0 aliphatic rings. The van der Waals surface area contributed by atoms with Crippen molar-refractivity contribution in [3.8, 4) is 0 Å². The minimum atomic E-state index is -0.0364. The lowest BCUT2D eigenvalue weighted by atomic mass is 10.3. The van der Waals surface area contributed by atoms with Crippen molar-refractivity contribution in [2.45, 2.75) is 20.0 Å². The zero-order chi connectivity index (χ0) is 15.7. The number of fused-ring (bicyclic) bond motifs is 1. The molecule has 0 bridgehead atoms. The first-order chi connectivity index (χ1) is 10.5. The number of halogens is 1. The summed E-state index contributed by atoms with van der Waals surface area (Å²) in [7, 11) is 2.01. The maximum absolute atomic E-state index is 12.3. The molecule has 0 saturated carbocycles. The number of thiophene rings is 1. The zero-order valence-corrected chi connectivity index (χ0v) is 14.0. The quantitative estimate of drug-likeness (QED) is 0.735. The van der Waals surface area contributed by atoms with Crippen molar-refractivity contribution in [1.29, 1.82) is 0 Å². The van der Waals surface area contributed by atoms with E-state index < -0.39 is 0 Å². The van der Waals surface area contributed by atoms with Crippen molar-refractivity contribution < 1.29 is 0 Å². The predicted molar refractivity (Wildman–Crippen MR) is 90.7 cm³/mol. The summed E-state index contributed by atoms with van der Waals surface area (Å²) >= 11 is 7.52. The number of aromatic nitrogens is 2. The first-order valence-electron chi connectivity index (χ1n) is 6.94. The van der Waals surface area contributed by atoms with Crippen LogP contribution in [-0.2, 0) is 13.1 Å². The van der Waals surface area contributed by atoms with Crippen molar-refractivity contribution in [3.05, 3.63) is 67.4 Å². The van der Waals surface area contributed by atoms with Gasteiger partial charge in [0.05, 0.1) is 10.0 Å². The van der Waals surface area contributed by atoms with Gasteiger partial charge >= 0.3 is 0 Å². The third-order valence-electron chi connectivity index (χ3n) is 3.42. The van der Waals surface area contributed by atoms with Crippen molar-refractivity contribution in [3.63, 3.8) is 0 Å². The number of aryl methyl sites for hydroxylation is 1. The highest BCUT2D eigenvalue weighted by atomic mass is 35.5. The summed E-state index contributed by atoms with van der Waals surface area (Å²) in [6.07, 6.45) is 0. The van der Waals surface area contributed by atoms with Crippen LogP contribution >= 0.6 is 22.9 Å². The fourth-order valence-electron chi connectivity index (χ4n) is 2.48. The molecule has 0 amide bonds. The Bertz CT molecular complexity index is 871. The van der Waals surface area contributed by atoms with Gasteiger partial charge in [0.25, 0.3) is 5.56 Å². The molecule has 0 aromatic carbocycles. The second kappa shape index (κ2) is 6.20. The van der Waals surface area contributed by atoms with Gasteiger partial charge in [0, 0.05) is 29.7 Å². The molecular weight excluding hydrogens is 318 g/mol. The third-order valence-corrected chi connectivity index (χ3v) is 4.64. The number of hydrogen-bond acceptors (Lipinski definition) is 4. The Morgan fingerprint density at radius 1 is 1.27 bits per heavy atom. The van der Waals surface area contributed by atoms with E-state index in [4.69, 9.17) is 11.6 Å². The highest BCUT2D eigenvalue weighted by Crippen LogP contribution is 2.22. The molecule has 0 aliphatic carbocycles. The molecule has 4 nitrogen and oxygen atoms in total. The largest absolute Gasteiger partial charge is 0.295 e. The van der Waals surface area contributed by atoms with Gasteiger partial charge < -0.3 is 0 Å². The molecule has 0 N–H and O–H groups in total. The number of pyridine rings is 1. The Morgan fingerprint density at radius 2 is 2.09 bits per heavy atom. The van der Waals surface area contributed by atoms with E-state index in [0.717, 1.165) is 22.3 Å². The fourth-order valence-corrected chi connectivity index (χ4v) is 3.65. The number of nitrogens with zero attached hydrogens (tertiary/aromatic N) is 3.